The van der Waals surface area contributed by atoms with Gasteiger partial charge in [-0.3, -0.25) is 0 Å². The van der Waals surface area contributed by atoms with Crippen molar-refractivity contribution in [3.05, 3.63) is 46.7 Å². The molecule has 6 nitrogen and oxygen atoms in total. The van der Waals surface area contributed by atoms with Crippen molar-refractivity contribution in [2.75, 3.05) is 26.2 Å². The molecule has 0 bridgehead atoms. The van der Waals surface area contributed by atoms with Crippen molar-refractivity contribution in [1.82, 2.24) is 10.6 Å². The number of quaternary nitrogens is 1. The van der Waals surface area contributed by atoms with Gasteiger partial charge in [0.2, 0.25) is 0 Å². The molecule has 1 fully saturated rings. The number of hydrogen-bond donors (Lipinski definition) is 3. The van der Waals surface area contributed by atoms with Gasteiger partial charge in [-0.2, -0.15) is 0 Å². The highest BCUT2D eigenvalue weighted by atomic mass is 16.5. The molecule has 3 N–H and O–H groups in total. The predicted octanol–water partition coefficient (Wildman–Crippen LogP) is 1.23. The van der Waals surface area contributed by atoms with Crippen LogP contribution in [0, 0.1) is 6.92 Å². The van der Waals surface area contributed by atoms with Crippen LogP contribution in [0.25, 0.3) is 0 Å². The van der Waals surface area contributed by atoms with Gasteiger partial charge in [0.05, 0.1) is 37.0 Å². The summed E-state index contributed by atoms with van der Waals surface area (Å²) in [6, 6.07) is 7.07. The number of nitrogens with one attached hydrogen (secondary N) is 3. The monoisotopic (exact) mass is 358 g/mol. The van der Waals surface area contributed by atoms with E-state index < -0.39 is 6.04 Å². The van der Waals surface area contributed by atoms with E-state index in [1.54, 1.807) is 6.92 Å². The van der Waals surface area contributed by atoms with Crippen molar-refractivity contribution in [2.24, 2.45) is 0 Å². The van der Waals surface area contributed by atoms with E-state index in [-0.39, 0.29) is 12.0 Å². The van der Waals surface area contributed by atoms with Crippen molar-refractivity contribution in [3.63, 3.8) is 0 Å². The third kappa shape index (κ3) is 4.07. The van der Waals surface area contributed by atoms with Gasteiger partial charge >= 0.3 is 12.0 Å². The fourth-order valence-electron chi connectivity index (χ4n) is 3.83. The SMILES string of the molecule is CCOC(=O)C1=C(C[NH+]2CCCCC2)NC(=O)N[C@H]1c1ccccc1C. The van der Waals surface area contributed by atoms with Gasteiger partial charge in [-0.05, 0) is 44.2 Å². The minimum atomic E-state index is -0.483. The molecule has 1 saturated heterocycles. The molecule has 0 radical (unpaired) electrons. The second-order valence-corrected chi connectivity index (χ2v) is 6.99. The van der Waals surface area contributed by atoms with Gasteiger partial charge in [-0.1, -0.05) is 24.3 Å². The highest BCUT2D eigenvalue weighted by molar-refractivity contribution is 5.95. The van der Waals surface area contributed by atoms with Crippen LogP contribution in [0.4, 0.5) is 4.79 Å². The van der Waals surface area contributed by atoms with Gasteiger partial charge in [0.25, 0.3) is 0 Å². The molecule has 140 valence electrons. The van der Waals surface area contributed by atoms with Gasteiger partial charge in [-0.25, -0.2) is 9.59 Å². The number of carbonyl (C=O) groups excluding carboxylic acids is 2. The summed E-state index contributed by atoms with van der Waals surface area (Å²) in [7, 11) is 0. The number of benzene rings is 1. The molecule has 3 rings (SSSR count). The van der Waals surface area contributed by atoms with E-state index in [4.69, 9.17) is 4.74 Å². The van der Waals surface area contributed by atoms with Crippen LogP contribution in [0.5, 0.6) is 0 Å². The van der Waals surface area contributed by atoms with Gasteiger partial charge in [0.1, 0.15) is 6.54 Å². The molecular weight excluding hydrogens is 330 g/mol. The van der Waals surface area contributed by atoms with E-state index >= 15 is 0 Å². The van der Waals surface area contributed by atoms with Crippen LogP contribution in [0.1, 0.15) is 43.4 Å². The highest BCUT2D eigenvalue weighted by Gasteiger charge is 2.35. The maximum Gasteiger partial charge on any atom is 0.338 e. The molecule has 2 aliphatic heterocycles. The molecule has 1 aromatic carbocycles. The van der Waals surface area contributed by atoms with Gasteiger partial charge < -0.3 is 20.3 Å². The minimum Gasteiger partial charge on any atom is -0.463 e. The van der Waals surface area contributed by atoms with Crippen LogP contribution in [0.2, 0.25) is 0 Å². The third-order valence-corrected chi connectivity index (χ3v) is 5.14. The second-order valence-electron chi connectivity index (χ2n) is 6.99. The maximum absolute atomic E-state index is 12.8. The number of hydrogen-bond acceptors (Lipinski definition) is 3. The van der Waals surface area contributed by atoms with E-state index in [0.717, 1.165) is 24.2 Å². The number of piperidine rings is 1. The first-order chi connectivity index (χ1) is 12.6. The first kappa shape index (κ1) is 18.5. The topological polar surface area (TPSA) is 71.9 Å². The lowest BCUT2D eigenvalue weighted by Crippen LogP contribution is -3.13. The molecule has 0 aromatic heterocycles. The zero-order valence-electron chi connectivity index (χ0n) is 15.6. The second kappa shape index (κ2) is 8.36. The van der Waals surface area contributed by atoms with Crippen LogP contribution in [0.15, 0.2) is 35.5 Å². The Morgan fingerprint density at radius 3 is 2.65 bits per heavy atom. The van der Waals surface area contributed by atoms with Crippen molar-refractivity contribution in [3.8, 4) is 0 Å². The summed E-state index contributed by atoms with van der Waals surface area (Å²) >= 11 is 0. The Bertz CT molecular complexity index is 708. The summed E-state index contributed by atoms with van der Waals surface area (Å²) in [6.07, 6.45) is 3.63. The summed E-state index contributed by atoms with van der Waals surface area (Å²) in [5.41, 5.74) is 3.18. The van der Waals surface area contributed by atoms with Gasteiger partial charge in [-0.15, -0.1) is 0 Å². The Labute approximate surface area is 154 Å². The van der Waals surface area contributed by atoms with Crippen LogP contribution < -0.4 is 15.5 Å². The highest BCUT2D eigenvalue weighted by Crippen LogP contribution is 2.29. The van der Waals surface area contributed by atoms with Crippen molar-refractivity contribution in [2.45, 2.75) is 39.2 Å². The number of urea groups is 1. The number of esters is 1. The van der Waals surface area contributed by atoms with Crippen LogP contribution in [-0.4, -0.2) is 38.2 Å². The van der Waals surface area contributed by atoms with Crippen molar-refractivity contribution in [1.29, 1.82) is 0 Å². The average Bonchev–Trinajstić information content (AvgIpc) is 2.62. The maximum atomic E-state index is 12.8. The number of ether oxygens (including phenoxy) is 1. The van der Waals surface area contributed by atoms with Crippen LogP contribution in [0.3, 0.4) is 0 Å². The number of amides is 2. The number of rotatable bonds is 5. The Hall–Kier alpha value is -2.34. The normalized spacial score (nSPS) is 21.2. The molecule has 1 aromatic rings. The lowest BCUT2D eigenvalue weighted by molar-refractivity contribution is -0.900. The lowest BCUT2D eigenvalue weighted by Gasteiger charge is -2.32. The van der Waals surface area contributed by atoms with E-state index in [1.165, 1.54) is 24.2 Å². The average molecular weight is 358 g/mol. The minimum absolute atomic E-state index is 0.266. The fourth-order valence-corrected chi connectivity index (χ4v) is 3.83. The number of aryl methyl sites for hydroxylation is 1. The number of likely N-dealkylation sites (tertiary alicyclic amines) is 1. The predicted molar refractivity (Wildman–Crippen MR) is 98.7 cm³/mol. The zero-order valence-corrected chi connectivity index (χ0v) is 15.6. The molecule has 0 unspecified atom stereocenters. The quantitative estimate of drug-likeness (QED) is 0.694. The molecule has 0 spiro atoms. The molecule has 0 aliphatic carbocycles. The summed E-state index contributed by atoms with van der Waals surface area (Å²) in [4.78, 5) is 26.5. The smallest absolute Gasteiger partial charge is 0.338 e. The molecule has 0 saturated carbocycles. The van der Waals surface area contributed by atoms with Crippen molar-refractivity contribution >= 4 is 12.0 Å². The van der Waals surface area contributed by atoms with E-state index in [1.807, 2.05) is 31.2 Å². The first-order valence-electron chi connectivity index (χ1n) is 9.47. The lowest BCUT2D eigenvalue weighted by atomic mass is 9.92. The standard InChI is InChI=1S/C20H27N3O3/c1-3-26-19(24)17-16(13-23-11-7-4-8-12-23)21-20(25)22-18(17)15-10-6-5-9-14(15)2/h5-6,9-10,18H,3-4,7-8,11-13H2,1-2H3,(H2,21,22,25)/p+1/t18-/m0/s1. The Balaban J connectivity index is 2.00. The molecule has 2 amide bonds. The van der Waals surface area contributed by atoms with Crippen molar-refractivity contribution < 1.29 is 19.2 Å². The molecule has 6 heteroatoms. The van der Waals surface area contributed by atoms with E-state index in [2.05, 4.69) is 10.6 Å². The molecule has 1 atom stereocenters. The largest absolute Gasteiger partial charge is 0.463 e. The molecule has 26 heavy (non-hydrogen) atoms. The zero-order chi connectivity index (χ0) is 18.5. The Kier molecular flexibility index (Phi) is 5.93. The molecule has 2 heterocycles. The summed E-state index contributed by atoms with van der Waals surface area (Å²) in [5.74, 6) is -0.361. The summed E-state index contributed by atoms with van der Waals surface area (Å²) in [5, 5.41) is 5.79. The Morgan fingerprint density at radius 1 is 1.23 bits per heavy atom. The molecular formula is C20H28N3O3+. The van der Waals surface area contributed by atoms with Gasteiger partial charge in [0, 0.05) is 0 Å². The Morgan fingerprint density at radius 2 is 1.96 bits per heavy atom. The fraction of sp³-hybridized carbons (Fsp3) is 0.500. The number of carbonyl (C=O) groups is 2. The first-order valence-corrected chi connectivity index (χ1v) is 9.47. The van der Waals surface area contributed by atoms with E-state index in [9.17, 15) is 9.59 Å². The van der Waals surface area contributed by atoms with Crippen LogP contribution >= 0.6 is 0 Å². The van der Waals surface area contributed by atoms with Crippen LogP contribution in [-0.2, 0) is 9.53 Å². The summed E-state index contributed by atoms with van der Waals surface area (Å²) in [6.45, 7) is 6.87. The van der Waals surface area contributed by atoms with Gasteiger partial charge in [0.15, 0.2) is 0 Å². The third-order valence-electron chi connectivity index (χ3n) is 5.14. The summed E-state index contributed by atoms with van der Waals surface area (Å²) < 4.78 is 5.33. The van der Waals surface area contributed by atoms with E-state index in [0.29, 0.717) is 24.4 Å². The molecule has 2 aliphatic rings.